The Bertz CT molecular complexity index is 686. The summed E-state index contributed by atoms with van der Waals surface area (Å²) < 4.78 is 38.1. The van der Waals surface area contributed by atoms with Gasteiger partial charge in [-0.1, -0.05) is 6.92 Å². The smallest absolute Gasteiger partial charge is 0.356 e. The average molecular weight is 447 g/mol. The normalized spacial score (nSPS) is 20.6. The molecule has 0 spiro atoms. The van der Waals surface area contributed by atoms with Crippen molar-refractivity contribution in [3.8, 4) is 0 Å². The number of aromatic nitrogens is 1. The molecule has 170 valence electrons. The zero-order valence-electron chi connectivity index (χ0n) is 17.9. The summed E-state index contributed by atoms with van der Waals surface area (Å²) in [6.45, 7) is 6.35. The lowest BCUT2D eigenvalue weighted by Gasteiger charge is -2.26. The van der Waals surface area contributed by atoms with Crippen LogP contribution in [0.25, 0.3) is 0 Å². The predicted molar refractivity (Wildman–Crippen MR) is 116 cm³/mol. The highest BCUT2D eigenvalue weighted by atomic mass is 32.1. The molecule has 1 atom stereocenters. The molecule has 10 heteroatoms. The second kappa shape index (κ2) is 10.7. The molecule has 2 fully saturated rings. The summed E-state index contributed by atoms with van der Waals surface area (Å²) in [5, 5.41) is 6.65. The van der Waals surface area contributed by atoms with E-state index in [4.69, 9.17) is 4.98 Å². The standard InChI is InChI=1S/C20H33F3N6S/c1-3-27(15-20(21,22)23)12-16-7-11-29(13-16)18(24-2)25-8-6-17-14-30-19(26-17)28-9-4-5-10-28/h14,16H,3-13,15H2,1-2H3,(H,24,25). The van der Waals surface area contributed by atoms with E-state index in [1.807, 2.05) is 0 Å². The van der Waals surface area contributed by atoms with Gasteiger partial charge in [0.25, 0.3) is 0 Å². The summed E-state index contributed by atoms with van der Waals surface area (Å²) in [7, 11) is 1.76. The molecule has 2 saturated heterocycles. The van der Waals surface area contributed by atoms with E-state index in [0.717, 1.165) is 62.4 Å². The Kier molecular flexibility index (Phi) is 8.21. The molecule has 0 aliphatic carbocycles. The molecular weight excluding hydrogens is 413 g/mol. The van der Waals surface area contributed by atoms with Gasteiger partial charge in [-0.15, -0.1) is 11.3 Å². The number of nitrogens with one attached hydrogen (secondary N) is 1. The first-order chi connectivity index (χ1) is 14.4. The SMILES string of the molecule is CCN(CC1CCN(C(=NC)NCCc2csc(N3CCCC3)n2)C1)CC(F)(F)F. The van der Waals surface area contributed by atoms with Crippen molar-refractivity contribution in [2.45, 2.75) is 38.8 Å². The van der Waals surface area contributed by atoms with Crippen molar-refractivity contribution >= 4 is 22.4 Å². The van der Waals surface area contributed by atoms with E-state index >= 15 is 0 Å². The topological polar surface area (TPSA) is 47.0 Å². The van der Waals surface area contributed by atoms with E-state index in [1.54, 1.807) is 25.3 Å². The van der Waals surface area contributed by atoms with Crippen LogP contribution in [0, 0.1) is 5.92 Å². The van der Waals surface area contributed by atoms with Gasteiger partial charge in [-0.3, -0.25) is 9.89 Å². The Morgan fingerprint density at radius 1 is 1.33 bits per heavy atom. The van der Waals surface area contributed by atoms with Gasteiger partial charge in [0.05, 0.1) is 12.2 Å². The average Bonchev–Trinajstić information content (AvgIpc) is 3.44. The van der Waals surface area contributed by atoms with Crippen molar-refractivity contribution in [2.24, 2.45) is 10.9 Å². The van der Waals surface area contributed by atoms with Crippen LogP contribution >= 0.6 is 11.3 Å². The molecule has 0 aromatic carbocycles. The van der Waals surface area contributed by atoms with Gasteiger partial charge in [-0.25, -0.2) is 4.98 Å². The first-order valence-corrected chi connectivity index (χ1v) is 11.7. The third kappa shape index (κ3) is 6.73. The number of guanidine groups is 1. The minimum Gasteiger partial charge on any atom is -0.356 e. The molecule has 3 rings (SSSR count). The summed E-state index contributed by atoms with van der Waals surface area (Å²) >= 11 is 1.71. The maximum absolute atomic E-state index is 12.7. The van der Waals surface area contributed by atoms with Crippen LogP contribution in [0.5, 0.6) is 0 Å². The monoisotopic (exact) mass is 446 g/mol. The first-order valence-electron chi connectivity index (χ1n) is 10.8. The van der Waals surface area contributed by atoms with Gasteiger partial charge in [-0.05, 0) is 31.7 Å². The number of thiazole rings is 1. The van der Waals surface area contributed by atoms with E-state index in [1.165, 1.54) is 17.7 Å². The van der Waals surface area contributed by atoms with Crippen LogP contribution in [-0.2, 0) is 6.42 Å². The van der Waals surface area contributed by atoms with Crippen LogP contribution in [0.1, 0.15) is 31.9 Å². The summed E-state index contributed by atoms with van der Waals surface area (Å²) in [4.78, 5) is 15.1. The molecule has 2 aliphatic heterocycles. The molecule has 1 N–H and O–H groups in total. The van der Waals surface area contributed by atoms with Crippen LogP contribution < -0.4 is 10.2 Å². The quantitative estimate of drug-likeness (QED) is 0.491. The van der Waals surface area contributed by atoms with Crippen molar-refractivity contribution in [1.82, 2.24) is 20.1 Å². The summed E-state index contributed by atoms with van der Waals surface area (Å²) in [5.74, 6) is 1.05. The van der Waals surface area contributed by atoms with Gasteiger partial charge < -0.3 is 15.1 Å². The second-order valence-electron chi connectivity index (χ2n) is 8.08. The fraction of sp³-hybridized carbons (Fsp3) is 0.800. The van der Waals surface area contributed by atoms with Crippen LogP contribution in [0.3, 0.4) is 0 Å². The van der Waals surface area contributed by atoms with E-state index in [0.29, 0.717) is 13.1 Å². The van der Waals surface area contributed by atoms with Crippen molar-refractivity contribution in [1.29, 1.82) is 0 Å². The predicted octanol–water partition coefficient (Wildman–Crippen LogP) is 3.07. The number of hydrogen-bond acceptors (Lipinski definition) is 5. The zero-order valence-corrected chi connectivity index (χ0v) is 18.7. The number of anilines is 1. The van der Waals surface area contributed by atoms with Crippen LogP contribution in [0.4, 0.5) is 18.3 Å². The van der Waals surface area contributed by atoms with Crippen molar-refractivity contribution in [3.63, 3.8) is 0 Å². The lowest BCUT2D eigenvalue weighted by Crippen LogP contribution is -2.42. The molecule has 0 radical (unpaired) electrons. The highest BCUT2D eigenvalue weighted by Crippen LogP contribution is 2.24. The molecule has 3 heterocycles. The maximum atomic E-state index is 12.7. The van der Waals surface area contributed by atoms with Crippen molar-refractivity contribution in [3.05, 3.63) is 11.1 Å². The van der Waals surface area contributed by atoms with Crippen LogP contribution in [0.2, 0.25) is 0 Å². The van der Waals surface area contributed by atoms with E-state index in [9.17, 15) is 13.2 Å². The highest BCUT2D eigenvalue weighted by Gasteiger charge is 2.33. The zero-order chi connectivity index (χ0) is 21.6. The van der Waals surface area contributed by atoms with Crippen molar-refractivity contribution < 1.29 is 13.2 Å². The molecule has 0 bridgehead atoms. The third-order valence-corrected chi connectivity index (χ3v) is 6.69. The van der Waals surface area contributed by atoms with Crippen LogP contribution in [0.15, 0.2) is 10.4 Å². The summed E-state index contributed by atoms with van der Waals surface area (Å²) in [6, 6.07) is 0. The number of aliphatic imine (C=N–C) groups is 1. The molecule has 1 unspecified atom stereocenters. The minimum absolute atomic E-state index is 0.229. The largest absolute Gasteiger partial charge is 0.401 e. The molecule has 0 amide bonds. The van der Waals surface area contributed by atoms with Gasteiger partial charge in [0, 0.05) is 58.1 Å². The Hall–Kier alpha value is -1.55. The lowest BCUT2D eigenvalue weighted by atomic mass is 10.1. The number of hydrogen-bond donors (Lipinski definition) is 1. The summed E-state index contributed by atoms with van der Waals surface area (Å²) in [6.07, 6.45) is 0.0675. The third-order valence-electron chi connectivity index (χ3n) is 5.74. The molecule has 2 aliphatic rings. The van der Waals surface area contributed by atoms with Crippen LogP contribution in [-0.4, -0.2) is 86.3 Å². The maximum Gasteiger partial charge on any atom is 0.401 e. The fourth-order valence-electron chi connectivity index (χ4n) is 4.20. The Morgan fingerprint density at radius 2 is 2.10 bits per heavy atom. The van der Waals surface area contributed by atoms with Crippen molar-refractivity contribution in [2.75, 3.05) is 64.3 Å². The number of rotatable bonds is 8. The summed E-state index contributed by atoms with van der Waals surface area (Å²) in [5.41, 5.74) is 1.09. The van der Waals surface area contributed by atoms with Gasteiger partial charge in [-0.2, -0.15) is 13.2 Å². The molecule has 1 aromatic heterocycles. The molecule has 30 heavy (non-hydrogen) atoms. The minimum atomic E-state index is -4.14. The molecule has 0 saturated carbocycles. The van der Waals surface area contributed by atoms with E-state index in [-0.39, 0.29) is 5.92 Å². The second-order valence-corrected chi connectivity index (χ2v) is 8.92. The van der Waals surface area contributed by atoms with E-state index < -0.39 is 12.7 Å². The Labute approximate surface area is 181 Å². The number of nitrogens with zero attached hydrogens (tertiary/aromatic N) is 5. The number of halogens is 3. The van der Waals surface area contributed by atoms with Gasteiger partial charge in [0.2, 0.25) is 0 Å². The number of alkyl halides is 3. The highest BCUT2D eigenvalue weighted by molar-refractivity contribution is 7.13. The number of likely N-dealkylation sites (tertiary alicyclic amines) is 1. The fourth-order valence-corrected chi connectivity index (χ4v) is 5.11. The Balaban J connectivity index is 1.42. The molecular formula is C20H33F3N6S. The van der Waals surface area contributed by atoms with Gasteiger partial charge >= 0.3 is 6.18 Å². The molecule has 1 aromatic rings. The first kappa shape index (κ1) is 23.1. The van der Waals surface area contributed by atoms with Gasteiger partial charge in [0.15, 0.2) is 11.1 Å². The lowest BCUT2D eigenvalue weighted by molar-refractivity contribution is -0.146. The Morgan fingerprint density at radius 3 is 2.77 bits per heavy atom. The van der Waals surface area contributed by atoms with Gasteiger partial charge in [0.1, 0.15) is 0 Å². The molecule has 6 nitrogen and oxygen atoms in total. The van der Waals surface area contributed by atoms with E-state index in [2.05, 4.69) is 25.5 Å².